The van der Waals surface area contributed by atoms with Crippen molar-refractivity contribution in [3.05, 3.63) is 58.1 Å². The van der Waals surface area contributed by atoms with Crippen LogP contribution in [0.15, 0.2) is 14.4 Å². The first-order valence-electron chi connectivity index (χ1n) is 9.15. The summed E-state index contributed by atoms with van der Waals surface area (Å²) in [6.45, 7) is 1.93. The highest BCUT2D eigenvalue weighted by Crippen LogP contribution is 2.40. The van der Waals surface area contributed by atoms with Crippen LogP contribution in [0, 0.1) is 11.3 Å². The summed E-state index contributed by atoms with van der Waals surface area (Å²) in [6, 6.07) is 1.55. The van der Waals surface area contributed by atoms with E-state index >= 15 is 0 Å². The number of nitriles is 1. The molecule has 14 heteroatoms. The number of H-pyrrole nitrogens is 2. The van der Waals surface area contributed by atoms with Crippen molar-refractivity contribution < 1.29 is 4.74 Å². The molecule has 0 saturated heterocycles. The van der Waals surface area contributed by atoms with E-state index in [0.717, 1.165) is 6.42 Å². The summed E-state index contributed by atoms with van der Waals surface area (Å²) in [5.74, 6) is -0.0494. The van der Waals surface area contributed by atoms with E-state index in [4.69, 9.17) is 48.9 Å². The molecular formula is C18H10B2Cl2N6O4. The SMILES string of the molecule is [B]c1c(Cl)c(Oc2n[nH]c(=O)c3c2C(C)CC3)c(Cl)c([B])c1-n1nc(C#N)c(=O)[nH]c1=O. The second-order valence-corrected chi connectivity index (χ2v) is 7.81. The van der Waals surface area contributed by atoms with Gasteiger partial charge in [0.05, 0.1) is 15.7 Å². The molecule has 3 aromatic rings. The Kier molecular flexibility index (Phi) is 5.48. The first-order valence-corrected chi connectivity index (χ1v) is 9.90. The van der Waals surface area contributed by atoms with Gasteiger partial charge in [-0.25, -0.2) is 9.89 Å². The van der Waals surface area contributed by atoms with Crippen molar-refractivity contribution in [2.24, 2.45) is 0 Å². The first kappa shape index (κ1) is 21.9. The molecule has 2 N–H and O–H groups in total. The van der Waals surface area contributed by atoms with Crippen LogP contribution in [0.25, 0.3) is 5.69 Å². The van der Waals surface area contributed by atoms with Crippen LogP contribution in [-0.2, 0) is 6.42 Å². The zero-order chi connectivity index (χ0) is 23.3. The molecule has 32 heavy (non-hydrogen) atoms. The normalized spacial score (nSPS) is 14.8. The summed E-state index contributed by atoms with van der Waals surface area (Å²) < 4.78 is 6.45. The molecule has 0 spiro atoms. The van der Waals surface area contributed by atoms with Crippen LogP contribution in [0.4, 0.5) is 0 Å². The lowest BCUT2D eigenvalue weighted by Crippen LogP contribution is -2.39. The molecule has 10 nitrogen and oxygen atoms in total. The van der Waals surface area contributed by atoms with Crippen LogP contribution >= 0.6 is 23.2 Å². The van der Waals surface area contributed by atoms with E-state index in [1.54, 1.807) is 6.07 Å². The van der Waals surface area contributed by atoms with Gasteiger partial charge in [-0.05, 0) is 29.7 Å². The van der Waals surface area contributed by atoms with Gasteiger partial charge in [0.1, 0.15) is 21.8 Å². The van der Waals surface area contributed by atoms with E-state index in [1.165, 1.54) is 0 Å². The van der Waals surface area contributed by atoms with Gasteiger partial charge >= 0.3 is 5.69 Å². The number of benzene rings is 1. The molecule has 1 aliphatic carbocycles. The van der Waals surface area contributed by atoms with Crippen LogP contribution in [0.1, 0.15) is 36.1 Å². The molecule has 0 aliphatic heterocycles. The molecule has 0 amide bonds. The maximum absolute atomic E-state index is 12.3. The van der Waals surface area contributed by atoms with Crippen LogP contribution in [0.5, 0.6) is 11.6 Å². The van der Waals surface area contributed by atoms with Crippen LogP contribution in [0.2, 0.25) is 10.0 Å². The maximum atomic E-state index is 12.3. The standard InChI is InChI=1S/C18H10B2Cl2N6O4/c1-5-2-3-6-8(5)17(26-25-15(6)29)32-14-11(21)9(19)13(10(20)12(14)22)28-18(31)24-16(30)7(4-23)27-28/h5H,2-3H2,1H3,(H,25,29)(H,24,30,31). The quantitative estimate of drug-likeness (QED) is 0.500. The number of aromatic nitrogens is 5. The van der Waals surface area contributed by atoms with Gasteiger partial charge in [-0.1, -0.05) is 30.1 Å². The van der Waals surface area contributed by atoms with E-state index in [2.05, 4.69) is 15.3 Å². The second-order valence-electron chi connectivity index (χ2n) is 7.06. The van der Waals surface area contributed by atoms with Crippen molar-refractivity contribution in [3.8, 4) is 23.4 Å². The molecule has 2 heterocycles. The third-order valence-corrected chi connectivity index (χ3v) is 5.89. The van der Waals surface area contributed by atoms with Crippen molar-refractivity contribution in [2.45, 2.75) is 25.7 Å². The molecular weight excluding hydrogens is 457 g/mol. The number of fused-ring (bicyclic) bond motifs is 1. The zero-order valence-electron chi connectivity index (χ0n) is 16.3. The minimum Gasteiger partial charge on any atom is -0.434 e. The summed E-state index contributed by atoms with van der Waals surface area (Å²) in [7, 11) is 12.2. The Morgan fingerprint density at radius 2 is 1.84 bits per heavy atom. The van der Waals surface area contributed by atoms with Gasteiger partial charge in [0, 0.05) is 11.1 Å². The van der Waals surface area contributed by atoms with E-state index in [0.29, 0.717) is 22.2 Å². The monoisotopic (exact) mass is 466 g/mol. The minimum absolute atomic E-state index is 0.00893. The number of nitrogens with zero attached hydrogens (tertiary/aromatic N) is 4. The summed E-state index contributed by atoms with van der Waals surface area (Å²) in [5.41, 5.74) is -2.44. The van der Waals surface area contributed by atoms with Crippen molar-refractivity contribution in [1.29, 1.82) is 5.26 Å². The first-order chi connectivity index (χ1) is 15.1. The second kappa shape index (κ2) is 8.00. The maximum Gasteiger partial charge on any atom is 0.349 e. The lowest BCUT2D eigenvalue weighted by atomic mass is 9.84. The Morgan fingerprint density at radius 3 is 2.47 bits per heavy atom. The fourth-order valence-electron chi connectivity index (χ4n) is 3.55. The molecule has 4 rings (SSSR count). The van der Waals surface area contributed by atoms with Crippen molar-refractivity contribution in [2.75, 3.05) is 0 Å². The highest BCUT2D eigenvalue weighted by Gasteiger charge is 2.29. The predicted molar refractivity (Wildman–Crippen MR) is 118 cm³/mol. The van der Waals surface area contributed by atoms with Crippen LogP contribution in [0.3, 0.4) is 0 Å². The lowest BCUT2D eigenvalue weighted by Gasteiger charge is -2.20. The highest BCUT2D eigenvalue weighted by atomic mass is 35.5. The third-order valence-electron chi connectivity index (χ3n) is 5.13. The van der Waals surface area contributed by atoms with E-state index in [9.17, 15) is 14.4 Å². The van der Waals surface area contributed by atoms with E-state index in [-0.39, 0.29) is 49.8 Å². The summed E-state index contributed by atoms with van der Waals surface area (Å²) >= 11 is 12.8. The largest absolute Gasteiger partial charge is 0.434 e. The van der Waals surface area contributed by atoms with Crippen molar-refractivity contribution >= 4 is 49.8 Å². The Labute approximate surface area is 192 Å². The molecule has 0 fully saturated rings. The molecule has 1 unspecified atom stereocenters. The fraction of sp³-hybridized carbons (Fsp3) is 0.222. The minimum atomic E-state index is -1.01. The van der Waals surface area contributed by atoms with E-state index < -0.39 is 16.9 Å². The number of aromatic amines is 2. The van der Waals surface area contributed by atoms with Crippen molar-refractivity contribution in [3.63, 3.8) is 0 Å². The van der Waals surface area contributed by atoms with Gasteiger partial charge in [0.25, 0.3) is 11.1 Å². The van der Waals surface area contributed by atoms with Gasteiger partial charge < -0.3 is 4.74 Å². The summed E-state index contributed by atoms with van der Waals surface area (Å²) in [5, 5.41) is 18.6. The lowest BCUT2D eigenvalue weighted by molar-refractivity contribution is 0.445. The number of rotatable bonds is 3. The van der Waals surface area contributed by atoms with Gasteiger partial charge in [-0.15, -0.1) is 10.2 Å². The fourth-order valence-corrected chi connectivity index (χ4v) is 4.05. The molecule has 156 valence electrons. The van der Waals surface area contributed by atoms with Gasteiger partial charge in [-0.3, -0.25) is 14.6 Å². The molecule has 1 atom stereocenters. The molecule has 0 saturated carbocycles. The summed E-state index contributed by atoms with van der Waals surface area (Å²) in [6.07, 6.45) is 1.31. The topological polar surface area (TPSA) is 147 Å². The Morgan fingerprint density at radius 1 is 1.19 bits per heavy atom. The average Bonchev–Trinajstić information content (AvgIpc) is 3.15. The van der Waals surface area contributed by atoms with Crippen LogP contribution in [-0.4, -0.2) is 40.7 Å². The number of hydrogen-bond donors (Lipinski definition) is 2. The number of ether oxygens (including phenoxy) is 1. The average molecular weight is 467 g/mol. The predicted octanol–water partition coefficient (Wildman–Crippen LogP) is -0.388. The third kappa shape index (κ3) is 3.34. The number of nitrogens with one attached hydrogen (secondary N) is 2. The Bertz CT molecular complexity index is 1480. The van der Waals surface area contributed by atoms with Crippen LogP contribution < -0.4 is 32.5 Å². The van der Waals surface area contributed by atoms with Crippen molar-refractivity contribution in [1.82, 2.24) is 25.0 Å². The molecule has 1 aromatic carbocycles. The molecule has 0 bridgehead atoms. The summed E-state index contributed by atoms with van der Waals surface area (Å²) in [4.78, 5) is 37.9. The Hall–Kier alpha value is -3.29. The molecule has 2 aromatic heterocycles. The van der Waals surface area contributed by atoms with Gasteiger partial charge in [-0.2, -0.15) is 9.94 Å². The number of halogens is 2. The highest BCUT2D eigenvalue weighted by molar-refractivity contribution is 6.55. The van der Waals surface area contributed by atoms with Gasteiger partial charge in [0.15, 0.2) is 5.75 Å². The van der Waals surface area contributed by atoms with Gasteiger partial charge in [0.2, 0.25) is 11.6 Å². The smallest absolute Gasteiger partial charge is 0.349 e. The Balaban J connectivity index is 1.91. The molecule has 4 radical (unpaired) electrons. The van der Waals surface area contributed by atoms with E-state index in [1.807, 2.05) is 11.9 Å². The zero-order valence-corrected chi connectivity index (χ0v) is 17.8. The number of hydrogen-bond acceptors (Lipinski definition) is 7. The molecule has 1 aliphatic rings.